The van der Waals surface area contributed by atoms with E-state index in [4.69, 9.17) is 0 Å². The van der Waals surface area contributed by atoms with Crippen LogP contribution in [0.3, 0.4) is 0 Å². The van der Waals surface area contributed by atoms with Gasteiger partial charge in [-0.15, -0.1) is 0 Å². The van der Waals surface area contributed by atoms with Crippen LogP contribution in [0.5, 0.6) is 0 Å². The molecule has 6 nitrogen and oxygen atoms in total. The summed E-state index contributed by atoms with van der Waals surface area (Å²) in [6.07, 6.45) is 9.81. The average Bonchev–Trinajstić information content (AvgIpc) is 3.01. The van der Waals surface area contributed by atoms with Gasteiger partial charge < -0.3 is 5.32 Å². The highest BCUT2D eigenvalue weighted by atomic mass is 16.2. The van der Waals surface area contributed by atoms with Crippen molar-refractivity contribution < 1.29 is 4.79 Å². The number of aromatic nitrogens is 3. The number of nitrogens with zero attached hydrogens (tertiary/aromatic N) is 4. The van der Waals surface area contributed by atoms with Crippen molar-refractivity contribution >= 4 is 5.91 Å². The van der Waals surface area contributed by atoms with Crippen LogP contribution in [0.15, 0.2) is 36.9 Å². The molecule has 2 aromatic heterocycles. The van der Waals surface area contributed by atoms with Crippen molar-refractivity contribution in [1.82, 2.24) is 25.2 Å². The van der Waals surface area contributed by atoms with Gasteiger partial charge in [0.15, 0.2) is 0 Å². The Morgan fingerprint density at radius 2 is 2.20 bits per heavy atom. The van der Waals surface area contributed by atoms with E-state index in [1.807, 2.05) is 12.3 Å². The maximum Gasteiger partial charge on any atom is 0.271 e. The number of carbonyl (C=O) groups is 1. The van der Waals surface area contributed by atoms with Crippen molar-refractivity contribution in [3.05, 3.63) is 53.9 Å². The fourth-order valence-corrected chi connectivity index (χ4v) is 4.15. The molecule has 0 atom stereocenters. The van der Waals surface area contributed by atoms with E-state index in [0.29, 0.717) is 11.1 Å². The lowest BCUT2D eigenvalue weighted by molar-refractivity contribution is 0.0689. The molecule has 130 valence electrons. The summed E-state index contributed by atoms with van der Waals surface area (Å²) in [4.78, 5) is 27.2. The highest BCUT2D eigenvalue weighted by Crippen LogP contribution is 2.48. The summed E-state index contributed by atoms with van der Waals surface area (Å²) >= 11 is 0. The molecule has 2 aromatic rings. The first-order chi connectivity index (χ1) is 12.1. The minimum atomic E-state index is -0.119. The van der Waals surface area contributed by atoms with Crippen LogP contribution in [0.25, 0.3) is 0 Å². The highest BCUT2D eigenvalue weighted by molar-refractivity contribution is 5.92. The number of rotatable bonds is 4. The van der Waals surface area contributed by atoms with Gasteiger partial charge in [-0.05, 0) is 49.8 Å². The Balaban J connectivity index is 1.29. The molecule has 2 aliphatic rings. The predicted octanol–water partition coefficient (Wildman–Crippen LogP) is 1.96. The van der Waals surface area contributed by atoms with Crippen LogP contribution in [0.1, 0.15) is 41.0 Å². The zero-order valence-corrected chi connectivity index (χ0v) is 14.5. The number of carbonyl (C=O) groups excluding carboxylic acids is 1. The zero-order chi connectivity index (χ0) is 17.3. The number of aryl methyl sites for hydroxylation is 1. The van der Waals surface area contributed by atoms with Gasteiger partial charge in [-0.1, -0.05) is 6.07 Å². The summed E-state index contributed by atoms with van der Waals surface area (Å²) in [6, 6.07) is 4.36. The average molecular weight is 337 g/mol. The third-order valence-electron chi connectivity index (χ3n) is 5.50. The predicted molar refractivity (Wildman–Crippen MR) is 93.8 cm³/mol. The van der Waals surface area contributed by atoms with E-state index in [2.05, 4.69) is 38.2 Å². The number of amides is 1. The molecule has 2 fully saturated rings. The molecule has 6 heteroatoms. The molecule has 0 aromatic carbocycles. The van der Waals surface area contributed by atoms with E-state index in [1.165, 1.54) is 23.9 Å². The molecule has 1 aliphatic carbocycles. The van der Waals surface area contributed by atoms with Gasteiger partial charge in [-0.3, -0.25) is 19.7 Å². The fraction of sp³-hybridized carbons (Fsp3) is 0.474. The van der Waals surface area contributed by atoms with Gasteiger partial charge in [0.25, 0.3) is 5.91 Å². The second kappa shape index (κ2) is 6.52. The second-order valence-electron chi connectivity index (χ2n) is 7.40. The van der Waals surface area contributed by atoms with Crippen LogP contribution in [0.4, 0.5) is 0 Å². The van der Waals surface area contributed by atoms with Crippen molar-refractivity contribution in [1.29, 1.82) is 0 Å². The van der Waals surface area contributed by atoms with Crippen molar-refractivity contribution in [2.75, 3.05) is 13.1 Å². The molecule has 25 heavy (non-hydrogen) atoms. The standard InChI is InChI=1S/C19H23N5O/c1-14-3-2-5-21-17(14)12-24-8-4-19(13-24)9-15(10-19)23-18(25)16-11-20-6-7-22-16/h2-3,5-7,11,15H,4,8-10,12-13H2,1H3,(H,23,25). The van der Waals surface area contributed by atoms with Crippen molar-refractivity contribution in [3.8, 4) is 0 Å². The molecule has 1 saturated carbocycles. The monoisotopic (exact) mass is 337 g/mol. The molecule has 0 unspecified atom stereocenters. The molecular formula is C19H23N5O. The summed E-state index contributed by atoms with van der Waals surface area (Å²) in [5.41, 5.74) is 3.18. The minimum absolute atomic E-state index is 0.119. The number of pyridine rings is 1. The Morgan fingerprint density at radius 3 is 2.96 bits per heavy atom. The van der Waals surface area contributed by atoms with Gasteiger partial charge in [0.1, 0.15) is 5.69 Å². The van der Waals surface area contributed by atoms with Gasteiger partial charge in [-0.25, -0.2) is 4.98 Å². The van der Waals surface area contributed by atoms with Crippen LogP contribution in [-0.4, -0.2) is 44.9 Å². The molecule has 1 N–H and O–H groups in total. The summed E-state index contributed by atoms with van der Waals surface area (Å²) in [7, 11) is 0. The molecule has 3 heterocycles. The van der Waals surface area contributed by atoms with Crippen LogP contribution >= 0.6 is 0 Å². The largest absolute Gasteiger partial charge is 0.348 e. The summed E-state index contributed by atoms with van der Waals surface area (Å²) in [6.45, 7) is 5.25. The van der Waals surface area contributed by atoms with Crippen LogP contribution in [0, 0.1) is 12.3 Å². The molecular weight excluding hydrogens is 314 g/mol. The minimum Gasteiger partial charge on any atom is -0.348 e. The molecule has 1 amide bonds. The molecule has 0 radical (unpaired) electrons. The van der Waals surface area contributed by atoms with E-state index in [0.717, 1.165) is 32.5 Å². The number of hydrogen-bond donors (Lipinski definition) is 1. The van der Waals surface area contributed by atoms with E-state index in [9.17, 15) is 4.79 Å². The topological polar surface area (TPSA) is 71.0 Å². The maximum absolute atomic E-state index is 12.2. The van der Waals surface area contributed by atoms with E-state index >= 15 is 0 Å². The van der Waals surface area contributed by atoms with Crippen molar-refractivity contribution in [2.24, 2.45) is 5.41 Å². The smallest absolute Gasteiger partial charge is 0.271 e. The van der Waals surface area contributed by atoms with E-state index in [1.54, 1.807) is 12.4 Å². The lowest BCUT2D eigenvalue weighted by Crippen LogP contribution is -2.52. The first-order valence-electron chi connectivity index (χ1n) is 8.83. The normalized spacial score (nSPS) is 25.7. The number of hydrogen-bond acceptors (Lipinski definition) is 5. The van der Waals surface area contributed by atoms with Gasteiger partial charge in [0.2, 0.25) is 0 Å². The number of nitrogens with one attached hydrogen (secondary N) is 1. The number of likely N-dealkylation sites (tertiary alicyclic amines) is 1. The van der Waals surface area contributed by atoms with Gasteiger partial charge in [0, 0.05) is 37.7 Å². The third-order valence-corrected chi connectivity index (χ3v) is 5.50. The van der Waals surface area contributed by atoms with Gasteiger partial charge >= 0.3 is 0 Å². The zero-order valence-electron chi connectivity index (χ0n) is 14.5. The molecule has 0 bridgehead atoms. The first kappa shape index (κ1) is 16.1. The molecule has 4 rings (SSSR count). The van der Waals surface area contributed by atoms with Crippen LogP contribution in [-0.2, 0) is 6.54 Å². The molecule has 1 aliphatic heterocycles. The van der Waals surface area contributed by atoms with Gasteiger partial charge in [0.05, 0.1) is 11.9 Å². The molecule has 1 saturated heterocycles. The Morgan fingerprint density at radius 1 is 1.32 bits per heavy atom. The van der Waals surface area contributed by atoms with E-state index in [-0.39, 0.29) is 11.9 Å². The molecule has 1 spiro atoms. The summed E-state index contributed by atoms with van der Waals surface area (Å²) < 4.78 is 0. The lowest BCUT2D eigenvalue weighted by Gasteiger charge is -2.45. The van der Waals surface area contributed by atoms with Gasteiger partial charge in [-0.2, -0.15) is 0 Å². The quantitative estimate of drug-likeness (QED) is 0.923. The Kier molecular flexibility index (Phi) is 4.21. The first-order valence-corrected chi connectivity index (χ1v) is 8.83. The Bertz CT molecular complexity index is 757. The fourth-order valence-electron chi connectivity index (χ4n) is 4.15. The van der Waals surface area contributed by atoms with Crippen molar-refractivity contribution in [2.45, 2.75) is 38.8 Å². The third kappa shape index (κ3) is 3.39. The van der Waals surface area contributed by atoms with Crippen LogP contribution < -0.4 is 5.32 Å². The van der Waals surface area contributed by atoms with Crippen molar-refractivity contribution in [3.63, 3.8) is 0 Å². The Hall–Kier alpha value is -2.34. The van der Waals surface area contributed by atoms with Crippen LogP contribution in [0.2, 0.25) is 0 Å². The lowest BCUT2D eigenvalue weighted by atomic mass is 9.65. The summed E-state index contributed by atoms with van der Waals surface area (Å²) in [5.74, 6) is -0.119. The highest BCUT2D eigenvalue weighted by Gasteiger charge is 2.48. The second-order valence-corrected chi connectivity index (χ2v) is 7.40. The Labute approximate surface area is 147 Å². The van der Waals surface area contributed by atoms with E-state index < -0.39 is 0 Å². The SMILES string of the molecule is Cc1cccnc1CN1CCC2(CC(NC(=O)c3cnccn3)C2)C1. The maximum atomic E-state index is 12.2. The summed E-state index contributed by atoms with van der Waals surface area (Å²) in [5, 5.41) is 3.09.